The first-order valence-electron chi connectivity index (χ1n) is 12.8. The van der Waals surface area contributed by atoms with Crippen LogP contribution in [0.3, 0.4) is 0 Å². The summed E-state index contributed by atoms with van der Waals surface area (Å²) in [7, 11) is 6.14. The predicted molar refractivity (Wildman–Crippen MR) is 147 cm³/mol. The van der Waals surface area contributed by atoms with Crippen LogP contribution in [0.15, 0.2) is 55.0 Å². The normalized spacial score (nSPS) is 17.6. The third-order valence-corrected chi connectivity index (χ3v) is 7.33. The van der Waals surface area contributed by atoms with Crippen molar-refractivity contribution in [3.63, 3.8) is 0 Å². The van der Waals surface area contributed by atoms with Gasteiger partial charge < -0.3 is 24.4 Å². The predicted octanol–water partition coefficient (Wildman–Crippen LogP) is 4.27. The van der Waals surface area contributed by atoms with Gasteiger partial charge in [0.15, 0.2) is 5.78 Å². The molecule has 2 aliphatic rings. The number of fused-ring (bicyclic) bond motifs is 2. The van der Waals surface area contributed by atoms with E-state index in [2.05, 4.69) is 64.5 Å². The van der Waals surface area contributed by atoms with Gasteiger partial charge in [-0.2, -0.15) is 0 Å². The zero-order valence-corrected chi connectivity index (χ0v) is 21.6. The standard InChI is InChI=1S/C29H32N6O2/c1-33(2)17-21-18-35(14-15-37-21)20-6-4-19(5-7-20)32-28-27-23(8-9-26(27)36)25(16-31-28)22-10-12-30-29-24(22)11-13-34(29)3/h4-7,10-13,16,21H,8-9,14-15,17-18H2,1-3H3,(H,31,32)/t21-/m0/s1. The average molecular weight is 497 g/mol. The minimum absolute atomic E-state index is 0.141. The van der Waals surface area contributed by atoms with E-state index < -0.39 is 0 Å². The van der Waals surface area contributed by atoms with Crippen molar-refractivity contribution in [2.24, 2.45) is 7.05 Å². The number of aromatic nitrogens is 3. The molecule has 0 amide bonds. The lowest BCUT2D eigenvalue weighted by atomic mass is 9.97. The summed E-state index contributed by atoms with van der Waals surface area (Å²) >= 11 is 0. The Morgan fingerprint density at radius 1 is 1.08 bits per heavy atom. The zero-order valence-electron chi connectivity index (χ0n) is 21.6. The lowest BCUT2D eigenvalue weighted by Gasteiger charge is -2.35. The molecule has 1 atom stereocenters. The van der Waals surface area contributed by atoms with Crippen molar-refractivity contribution in [3.05, 3.63) is 66.1 Å². The van der Waals surface area contributed by atoms with Crippen molar-refractivity contribution >= 4 is 34.0 Å². The number of carbonyl (C=O) groups is 1. The van der Waals surface area contributed by atoms with Crippen LogP contribution in [0.1, 0.15) is 22.3 Å². The van der Waals surface area contributed by atoms with Crippen molar-refractivity contribution in [3.8, 4) is 11.1 Å². The fourth-order valence-corrected chi connectivity index (χ4v) is 5.56. The molecule has 1 aromatic carbocycles. The molecule has 8 heteroatoms. The summed E-state index contributed by atoms with van der Waals surface area (Å²) in [6.45, 7) is 3.40. The quantitative estimate of drug-likeness (QED) is 0.427. The Morgan fingerprint density at radius 3 is 2.73 bits per heavy atom. The van der Waals surface area contributed by atoms with E-state index in [9.17, 15) is 4.79 Å². The number of likely N-dealkylation sites (N-methyl/N-ethyl adjacent to an activating group) is 1. The molecule has 0 radical (unpaired) electrons. The monoisotopic (exact) mass is 496 g/mol. The smallest absolute Gasteiger partial charge is 0.167 e. The lowest BCUT2D eigenvalue weighted by molar-refractivity contribution is 0.0248. The van der Waals surface area contributed by atoms with Crippen LogP contribution >= 0.6 is 0 Å². The SMILES string of the molecule is CN(C)C[C@H]1CN(c2ccc(Nc3ncc(-c4ccnc5c4ccn5C)c4c3C(=O)CC4)cc2)CCO1. The zero-order chi connectivity index (χ0) is 25.5. The van der Waals surface area contributed by atoms with E-state index in [-0.39, 0.29) is 11.9 Å². The van der Waals surface area contributed by atoms with Crippen LogP contribution in [0.25, 0.3) is 22.2 Å². The number of aryl methyl sites for hydroxylation is 1. The van der Waals surface area contributed by atoms with Gasteiger partial charge in [0.25, 0.3) is 0 Å². The molecule has 4 aromatic rings. The first-order valence-corrected chi connectivity index (χ1v) is 12.8. The molecular weight excluding hydrogens is 464 g/mol. The van der Waals surface area contributed by atoms with Gasteiger partial charge >= 0.3 is 0 Å². The van der Waals surface area contributed by atoms with Gasteiger partial charge in [0.2, 0.25) is 0 Å². The first-order chi connectivity index (χ1) is 18.0. The molecule has 0 unspecified atom stereocenters. The minimum Gasteiger partial charge on any atom is -0.373 e. The van der Waals surface area contributed by atoms with Crippen LogP contribution in [0.5, 0.6) is 0 Å². The summed E-state index contributed by atoms with van der Waals surface area (Å²) in [5, 5.41) is 4.49. The number of hydrogen-bond donors (Lipinski definition) is 1. The van der Waals surface area contributed by atoms with Gasteiger partial charge in [0, 0.05) is 74.0 Å². The molecule has 1 saturated heterocycles. The highest BCUT2D eigenvalue weighted by Crippen LogP contribution is 2.38. The number of rotatable bonds is 6. The summed E-state index contributed by atoms with van der Waals surface area (Å²) in [4.78, 5) is 26.8. The maximum Gasteiger partial charge on any atom is 0.167 e. The number of carbonyl (C=O) groups excluding carboxylic acids is 1. The van der Waals surface area contributed by atoms with Crippen molar-refractivity contribution in [1.82, 2.24) is 19.4 Å². The molecule has 1 aliphatic heterocycles. The molecule has 0 spiro atoms. The number of nitrogens with zero attached hydrogens (tertiary/aromatic N) is 5. The van der Waals surface area contributed by atoms with Crippen LogP contribution in [0.4, 0.5) is 17.2 Å². The number of benzene rings is 1. The molecule has 6 rings (SSSR count). The Balaban J connectivity index is 1.26. The number of ether oxygens (including phenoxy) is 1. The fraction of sp³-hybridized carbons (Fsp3) is 0.345. The van der Waals surface area contributed by atoms with Crippen molar-refractivity contribution in [2.75, 3.05) is 50.6 Å². The van der Waals surface area contributed by atoms with E-state index in [0.29, 0.717) is 17.8 Å². The maximum atomic E-state index is 13.0. The van der Waals surface area contributed by atoms with Crippen LogP contribution < -0.4 is 10.2 Å². The molecular formula is C29H32N6O2. The second-order valence-corrected chi connectivity index (χ2v) is 10.2. The highest BCUT2D eigenvalue weighted by Gasteiger charge is 2.28. The van der Waals surface area contributed by atoms with Crippen molar-refractivity contribution < 1.29 is 9.53 Å². The summed E-state index contributed by atoms with van der Waals surface area (Å²) in [5.74, 6) is 0.770. The number of nitrogens with one attached hydrogen (secondary N) is 1. The Morgan fingerprint density at radius 2 is 1.92 bits per heavy atom. The van der Waals surface area contributed by atoms with Gasteiger partial charge in [-0.3, -0.25) is 4.79 Å². The van der Waals surface area contributed by atoms with Gasteiger partial charge in [-0.25, -0.2) is 9.97 Å². The fourth-order valence-electron chi connectivity index (χ4n) is 5.56. The largest absolute Gasteiger partial charge is 0.373 e. The molecule has 190 valence electrons. The second-order valence-electron chi connectivity index (χ2n) is 10.2. The van der Waals surface area contributed by atoms with Crippen LogP contribution in [0.2, 0.25) is 0 Å². The average Bonchev–Trinajstić information content (AvgIpc) is 3.48. The van der Waals surface area contributed by atoms with Crippen LogP contribution in [-0.2, 0) is 18.2 Å². The Hall–Kier alpha value is -3.75. The van der Waals surface area contributed by atoms with Gasteiger partial charge in [-0.15, -0.1) is 0 Å². The van der Waals surface area contributed by atoms with E-state index >= 15 is 0 Å². The van der Waals surface area contributed by atoms with Crippen molar-refractivity contribution in [2.45, 2.75) is 18.9 Å². The van der Waals surface area contributed by atoms with Gasteiger partial charge in [-0.05, 0) is 68.0 Å². The summed E-state index contributed by atoms with van der Waals surface area (Å²) in [6, 6.07) is 12.5. The third kappa shape index (κ3) is 4.47. The summed E-state index contributed by atoms with van der Waals surface area (Å²) < 4.78 is 7.93. The number of Topliss-reactive ketones (excluding diaryl/α,β-unsaturated/α-hetero) is 1. The van der Waals surface area contributed by atoms with Crippen LogP contribution in [0, 0.1) is 0 Å². The number of pyridine rings is 2. The van der Waals surface area contributed by atoms with Gasteiger partial charge in [0.1, 0.15) is 11.5 Å². The highest BCUT2D eigenvalue weighted by molar-refractivity contribution is 6.08. The molecule has 3 aromatic heterocycles. The molecule has 4 heterocycles. The van der Waals surface area contributed by atoms with Gasteiger partial charge in [0.05, 0.1) is 18.3 Å². The Bertz CT molecular complexity index is 1460. The lowest BCUT2D eigenvalue weighted by Crippen LogP contribution is -2.46. The van der Waals surface area contributed by atoms with E-state index in [1.165, 1.54) is 5.69 Å². The van der Waals surface area contributed by atoms with Gasteiger partial charge in [-0.1, -0.05) is 0 Å². The molecule has 37 heavy (non-hydrogen) atoms. The highest BCUT2D eigenvalue weighted by atomic mass is 16.5. The third-order valence-electron chi connectivity index (χ3n) is 7.33. The first kappa shape index (κ1) is 23.6. The Labute approximate surface area is 216 Å². The van der Waals surface area contributed by atoms with Crippen LogP contribution in [-0.4, -0.2) is 71.7 Å². The topological polar surface area (TPSA) is 75.5 Å². The summed E-state index contributed by atoms with van der Waals surface area (Å²) in [6.07, 6.45) is 7.17. The minimum atomic E-state index is 0.141. The molecule has 0 saturated carbocycles. The second kappa shape index (κ2) is 9.61. The molecule has 1 fully saturated rings. The van der Waals surface area contributed by atoms with Crippen molar-refractivity contribution in [1.29, 1.82) is 0 Å². The molecule has 1 N–H and O–H groups in total. The summed E-state index contributed by atoms with van der Waals surface area (Å²) in [5.41, 5.74) is 6.87. The van der Waals surface area contributed by atoms with E-state index in [0.717, 1.165) is 66.1 Å². The number of anilines is 3. The number of ketones is 1. The molecule has 0 bridgehead atoms. The Kier molecular flexibility index (Phi) is 6.14. The maximum absolute atomic E-state index is 13.0. The number of morpholine rings is 1. The van der Waals surface area contributed by atoms with E-state index in [4.69, 9.17) is 9.72 Å². The van der Waals surface area contributed by atoms with E-state index in [1.807, 2.05) is 36.3 Å². The number of hydrogen-bond acceptors (Lipinski definition) is 7. The molecule has 8 nitrogen and oxygen atoms in total. The van der Waals surface area contributed by atoms with E-state index in [1.54, 1.807) is 0 Å². The molecule has 1 aliphatic carbocycles.